The van der Waals surface area contributed by atoms with Gasteiger partial charge < -0.3 is 5.32 Å². The number of halogens is 3. The number of carbonyl (C=O) groups is 1. The fraction of sp³-hybridized carbons (Fsp3) is 0.0909. The zero-order chi connectivity index (χ0) is 26.5. The molecule has 0 radical (unpaired) electrons. The molecule has 0 bridgehead atoms. The SMILES string of the molecule is N#CCCNS(=O)(=O)c1ccc(Cl)c(NC(=O)c2cc(Cl)ccc2NS(=O)(=O)c2ccc(Cl)cc2)c1. The van der Waals surface area contributed by atoms with Crippen molar-refractivity contribution in [2.24, 2.45) is 0 Å². The first-order valence-electron chi connectivity index (χ1n) is 9.98. The third kappa shape index (κ3) is 6.88. The lowest BCUT2D eigenvalue weighted by Crippen LogP contribution is -2.25. The second-order valence-electron chi connectivity index (χ2n) is 7.15. The average Bonchev–Trinajstić information content (AvgIpc) is 2.81. The average molecular weight is 588 g/mol. The molecule has 3 aromatic carbocycles. The van der Waals surface area contributed by atoms with Crippen LogP contribution in [0.2, 0.25) is 15.1 Å². The molecule has 0 saturated carbocycles. The van der Waals surface area contributed by atoms with E-state index in [9.17, 15) is 21.6 Å². The zero-order valence-electron chi connectivity index (χ0n) is 18.1. The number of nitrogens with zero attached hydrogens (tertiary/aromatic N) is 1. The quantitative estimate of drug-likeness (QED) is 0.304. The van der Waals surface area contributed by atoms with Gasteiger partial charge in [-0.25, -0.2) is 21.6 Å². The Morgan fingerprint density at radius 3 is 2.11 bits per heavy atom. The van der Waals surface area contributed by atoms with E-state index in [1.165, 1.54) is 54.6 Å². The molecular weight excluding hydrogens is 571 g/mol. The predicted molar refractivity (Wildman–Crippen MR) is 139 cm³/mol. The summed E-state index contributed by atoms with van der Waals surface area (Å²) in [6.45, 7) is -0.0945. The van der Waals surface area contributed by atoms with E-state index < -0.39 is 26.0 Å². The number of rotatable bonds is 9. The van der Waals surface area contributed by atoms with Crippen LogP contribution >= 0.6 is 34.8 Å². The predicted octanol–water partition coefficient (Wildman–Crippen LogP) is 4.89. The number of benzene rings is 3. The summed E-state index contributed by atoms with van der Waals surface area (Å²) < 4.78 is 55.1. The van der Waals surface area contributed by atoms with E-state index in [1.807, 2.05) is 6.07 Å². The highest BCUT2D eigenvalue weighted by Gasteiger charge is 2.21. The van der Waals surface area contributed by atoms with Crippen LogP contribution < -0.4 is 14.8 Å². The number of amides is 1. The summed E-state index contributed by atoms with van der Waals surface area (Å²) in [5, 5.41) is 11.6. The molecular formula is C22H17Cl3N4O5S2. The van der Waals surface area contributed by atoms with Gasteiger partial charge >= 0.3 is 0 Å². The normalized spacial score (nSPS) is 11.5. The number of sulfonamides is 2. The number of hydrogen-bond donors (Lipinski definition) is 3. The highest BCUT2D eigenvalue weighted by atomic mass is 35.5. The summed E-state index contributed by atoms with van der Waals surface area (Å²) >= 11 is 18.0. The molecule has 14 heteroatoms. The maximum Gasteiger partial charge on any atom is 0.261 e. The van der Waals surface area contributed by atoms with E-state index in [2.05, 4.69) is 14.8 Å². The first-order chi connectivity index (χ1) is 16.9. The molecule has 0 heterocycles. The first-order valence-corrected chi connectivity index (χ1v) is 14.1. The smallest absolute Gasteiger partial charge is 0.261 e. The maximum absolute atomic E-state index is 13.1. The lowest BCUT2D eigenvalue weighted by atomic mass is 10.1. The molecule has 0 atom stereocenters. The van der Waals surface area contributed by atoms with Crippen LogP contribution in [0.3, 0.4) is 0 Å². The molecule has 0 aromatic heterocycles. The van der Waals surface area contributed by atoms with Gasteiger partial charge in [0.15, 0.2) is 0 Å². The van der Waals surface area contributed by atoms with E-state index in [-0.39, 0.29) is 49.7 Å². The number of anilines is 2. The van der Waals surface area contributed by atoms with Gasteiger partial charge in [-0.1, -0.05) is 34.8 Å². The number of hydrogen-bond acceptors (Lipinski definition) is 6. The van der Waals surface area contributed by atoms with Crippen molar-refractivity contribution in [3.8, 4) is 6.07 Å². The minimum Gasteiger partial charge on any atom is -0.321 e. The van der Waals surface area contributed by atoms with Crippen molar-refractivity contribution in [3.63, 3.8) is 0 Å². The minimum absolute atomic E-state index is 0.0279. The lowest BCUT2D eigenvalue weighted by Gasteiger charge is -2.15. The summed E-state index contributed by atoms with van der Waals surface area (Å²) in [7, 11) is -8.06. The van der Waals surface area contributed by atoms with Crippen LogP contribution in [0.5, 0.6) is 0 Å². The van der Waals surface area contributed by atoms with Gasteiger partial charge in [-0.2, -0.15) is 5.26 Å². The molecule has 0 saturated heterocycles. The Morgan fingerprint density at radius 1 is 0.806 bits per heavy atom. The minimum atomic E-state index is -4.09. The van der Waals surface area contributed by atoms with Gasteiger partial charge in [0.1, 0.15) is 0 Å². The molecule has 0 unspecified atom stereocenters. The fourth-order valence-electron chi connectivity index (χ4n) is 2.89. The second kappa shape index (κ2) is 11.5. The van der Waals surface area contributed by atoms with Gasteiger partial charge in [0.05, 0.1) is 37.8 Å². The van der Waals surface area contributed by atoms with Crippen LogP contribution in [0, 0.1) is 11.3 Å². The Balaban J connectivity index is 1.91. The summed E-state index contributed by atoms with van der Waals surface area (Å²) in [5.74, 6) is -0.805. The van der Waals surface area contributed by atoms with Crippen molar-refractivity contribution >= 4 is 72.1 Å². The molecule has 0 spiro atoms. The highest BCUT2D eigenvalue weighted by molar-refractivity contribution is 7.92. The third-order valence-electron chi connectivity index (χ3n) is 4.62. The van der Waals surface area contributed by atoms with Crippen molar-refractivity contribution in [1.82, 2.24) is 4.72 Å². The second-order valence-corrected chi connectivity index (χ2v) is 11.9. The molecule has 0 aliphatic heterocycles. The van der Waals surface area contributed by atoms with Crippen molar-refractivity contribution in [1.29, 1.82) is 5.26 Å². The Labute approximate surface area is 223 Å². The molecule has 3 N–H and O–H groups in total. The molecule has 0 aliphatic carbocycles. The van der Waals surface area contributed by atoms with Crippen molar-refractivity contribution < 1.29 is 21.6 Å². The summed E-state index contributed by atoms with van der Waals surface area (Å²) in [6.07, 6.45) is -0.0279. The molecule has 188 valence electrons. The topological polar surface area (TPSA) is 145 Å². The standard InChI is InChI=1S/C22H17Cl3N4O5S2/c23-14-2-5-16(6-3-14)36(33,34)29-20-9-4-15(24)12-18(20)22(30)28-21-13-17(7-8-19(21)25)35(31,32)27-11-1-10-26/h2-9,12-13,27,29H,1,11H2,(H,28,30). The first kappa shape index (κ1) is 27.7. The molecule has 36 heavy (non-hydrogen) atoms. The maximum atomic E-state index is 13.1. The van der Waals surface area contributed by atoms with E-state index in [0.29, 0.717) is 5.02 Å². The van der Waals surface area contributed by atoms with E-state index in [0.717, 1.165) is 6.07 Å². The Morgan fingerprint density at radius 2 is 1.44 bits per heavy atom. The third-order valence-corrected chi connectivity index (χ3v) is 8.28. The summed E-state index contributed by atoms with van der Waals surface area (Å²) in [5.41, 5.74) is -0.266. The van der Waals surface area contributed by atoms with Crippen LogP contribution in [-0.4, -0.2) is 29.3 Å². The molecule has 0 aliphatic rings. The van der Waals surface area contributed by atoms with Crippen LogP contribution in [0.25, 0.3) is 0 Å². The van der Waals surface area contributed by atoms with Crippen molar-refractivity contribution in [2.45, 2.75) is 16.2 Å². The summed E-state index contributed by atoms with van der Waals surface area (Å²) in [6, 6.07) is 14.8. The van der Waals surface area contributed by atoms with Gasteiger partial charge in [0, 0.05) is 23.0 Å². The van der Waals surface area contributed by atoms with Crippen LogP contribution in [0.4, 0.5) is 11.4 Å². The van der Waals surface area contributed by atoms with Gasteiger partial charge in [0.25, 0.3) is 15.9 Å². The van der Waals surface area contributed by atoms with Gasteiger partial charge in [-0.3, -0.25) is 9.52 Å². The van der Waals surface area contributed by atoms with Crippen LogP contribution in [0.1, 0.15) is 16.8 Å². The van der Waals surface area contributed by atoms with Crippen molar-refractivity contribution in [2.75, 3.05) is 16.6 Å². The van der Waals surface area contributed by atoms with Gasteiger partial charge in [-0.05, 0) is 60.7 Å². The van der Waals surface area contributed by atoms with Crippen molar-refractivity contribution in [3.05, 3.63) is 81.3 Å². The number of carbonyl (C=O) groups excluding carboxylic acids is 1. The monoisotopic (exact) mass is 586 g/mol. The van der Waals surface area contributed by atoms with E-state index in [4.69, 9.17) is 40.1 Å². The van der Waals surface area contributed by atoms with E-state index >= 15 is 0 Å². The fourth-order valence-corrected chi connectivity index (χ4v) is 5.49. The zero-order valence-corrected chi connectivity index (χ0v) is 22.0. The van der Waals surface area contributed by atoms with Gasteiger partial charge in [0.2, 0.25) is 10.0 Å². The molecule has 0 fully saturated rings. The largest absolute Gasteiger partial charge is 0.321 e. The summed E-state index contributed by atoms with van der Waals surface area (Å²) in [4.78, 5) is 12.8. The van der Waals surface area contributed by atoms with Crippen LogP contribution in [-0.2, 0) is 20.0 Å². The van der Waals surface area contributed by atoms with Gasteiger partial charge in [-0.15, -0.1) is 0 Å². The lowest BCUT2D eigenvalue weighted by molar-refractivity contribution is 0.102. The Hall–Kier alpha value is -2.85. The highest BCUT2D eigenvalue weighted by Crippen LogP contribution is 2.29. The van der Waals surface area contributed by atoms with E-state index in [1.54, 1.807) is 0 Å². The molecule has 1 amide bonds. The Kier molecular flexibility index (Phi) is 8.84. The molecule has 3 aromatic rings. The Bertz CT molecular complexity index is 1560. The number of nitriles is 1. The molecule has 9 nitrogen and oxygen atoms in total. The number of nitrogens with one attached hydrogen (secondary N) is 3. The van der Waals surface area contributed by atoms with Crippen LogP contribution in [0.15, 0.2) is 70.5 Å². The molecule has 3 rings (SSSR count).